The summed E-state index contributed by atoms with van der Waals surface area (Å²) in [5.41, 5.74) is 9.39. The van der Waals surface area contributed by atoms with Crippen molar-refractivity contribution < 1.29 is 9.13 Å². The molecule has 0 saturated heterocycles. The van der Waals surface area contributed by atoms with Crippen molar-refractivity contribution in [2.24, 2.45) is 0 Å². The van der Waals surface area contributed by atoms with Gasteiger partial charge < -0.3 is 9.64 Å². The Labute approximate surface area is 269 Å². The van der Waals surface area contributed by atoms with Gasteiger partial charge in [0.2, 0.25) is 0 Å². The lowest BCUT2D eigenvalue weighted by Crippen LogP contribution is -2.35. The van der Waals surface area contributed by atoms with E-state index < -0.39 is 5.60 Å². The number of hydrogen-bond donors (Lipinski definition) is 0. The van der Waals surface area contributed by atoms with E-state index in [0.29, 0.717) is 0 Å². The van der Waals surface area contributed by atoms with E-state index in [0.717, 1.165) is 64.4 Å². The first-order chi connectivity index (χ1) is 21.7. The molecule has 2 aliphatic rings. The minimum atomic E-state index is -0.885. The van der Waals surface area contributed by atoms with Crippen LogP contribution < -0.4 is 14.9 Å². The molecule has 0 amide bonds. The van der Waals surface area contributed by atoms with Crippen LogP contribution in [-0.4, -0.2) is 13.1 Å². The fourth-order valence-corrected chi connectivity index (χ4v) is 7.80. The summed E-state index contributed by atoms with van der Waals surface area (Å²) in [4.78, 5) is 2.45. The van der Waals surface area contributed by atoms with E-state index in [9.17, 15) is 0 Å². The first-order valence-electron chi connectivity index (χ1n) is 16.2. The largest absolute Gasteiger partial charge is 0.472 e. The van der Waals surface area contributed by atoms with Gasteiger partial charge in [0.1, 0.15) is 11.6 Å². The zero-order chi connectivity index (χ0) is 31.5. The summed E-state index contributed by atoms with van der Waals surface area (Å²) in [5, 5.41) is 2.94. The quantitative estimate of drug-likeness (QED) is 0.169. The second-order valence-corrected chi connectivity index (χ2v) is 13.9. The van der Waals surface area contributed by atoms with Gasteiger partial charge in [-0.05, 0) is 83.1 Å². The SMILES string of the molecule is CCCN(CCC)c1ccc(C2(c3ccc(P)cc3)C=Cc3c4c(c5ccc(F)cc5c3O2)-c2ccc(C)cc2C4(C)C)cc1. The molecule has 0 radical (unpaired) electrons. The van der Waals surface area contributed by atoms with Crippen LogP contribution in [0, 0.1) is 12.7 Å². The van der Waals surface area contributed by atoms with Crippen LogP contribution in [0.25, 0.3) is 28.0 Å². The number of anilines is 1. The molecule has 1 aliphatic heterocycles. The molecular weight excluding hydrogens is 572 g/mol. The van der Waals surface area contributed by atoms with Gasteiger partial charge in [-0.25, -0.2) is 4.39 Å². The van der Waals surface area contributed by atoms with Crippen molar-refractivity contribution in [3.05, 3.63) is 130 Å². The lowest BCUT2D eigenvalue weighted by Gasteiger charge is -2.38. The van der Waals surface area contributed by atoms with Gasteiger partial charge in [-0.3, -0.25) is 0 Å². The summed E-state index contributed by atoms with van der Waals surface area (Å²) >= 11 is 0. The van der Waals surface area contributed by atoms with E-state index in [-0.39, 0.29) is 11.2 Å². The van der Waals surface area contributed by atoms with Crippen molar-refractivity contribution in [1.29, 1.82) is 0 Å². The molecule has 0 bridgehead atoms. The summed E-state index contributed by atoms with van der Waals surface area (Å²) in [7, 11) is 2.78. The van der Waals surface area contributed by atoms with Crippen LogP contribution in [0.2, 0.25) is 0 Å². The number of hydrogen-bond acceptors (Lipinski definition) is 2. The highest BCUT2D eigenvalue weighted by atomic mass is 31.0. The van der Waals surface area contributed by atoms with Gasteiger partial charge in [0.25, 0.3) is 0 Å². The van der Waals surface area contributed by atoms with E-state index in [4.69, 9.17) is 4.74 Å². The molecule has 2 unspecified atom stereocenters. The predicted octanol–water partition coefficient (Wildman–Crippen LogP) is 10.1. The second kappa shape index (κ2) is 11.1. The second-order valence-electron chi connectivity index (χ2n) is 13.2. The zero-order valence-electron chi connectivity index (χ0n) is 26.9. The number of nitrogens with zero attached hydrogens (tertiary/aromatic N) is 1. The third kappa shape index (κ3) is 4.70. The lowest BCUT2D eigenvalue weighted by molar-refractivity contribution is 0.163. The minimum Gasteiger partial charge on any atom is -0.472 e. The standard InChI is InChI=1S/C41H41FNOP/c1-6-22-43(23-7-2)30-14-9-27(10-15-30)41(28-11-16-31(45)17-12-28)21-20-34-38-37(32-19-13-29(42)25-35(32)39(34)44-41)33-18-8-26(3)24-36(33)40(38,4)5/h8-21,24-25H,6-7,22-23,45H2,1-5H3. The van der Waals surface area contributed by atoms with Gasteiger partial charge in [0.05, 0.1) is 0 Å². The first-order valence-corrected chi connectivity index (χ1v) is 16.8. The van der Waals surface area contributed by atoms with Crippen LogP contribution >= 0.6 is 9.24 Å². The monoisotopic (exact) mass is 613 g/mol. The number of aryl methyl sites for hydroxylation is 1. The Kier molecular flexibility index (Phi) is 7.37. The molecule has 2 nitrogen and oxygen atoms in total. The molecule has 4 heteroatoms. The van der Waals surface area contributed by atoms with Gasteiger partial charge in [-0.1, -0.05) is 100.0 Å². The number of benzene rings is 5. The Hall–Kier alpha value is -3.94. The number of rotatable bonds is 7. The van der Waals surface area contributed by atoms with Crippen LogP contribution in [0.4, 0.5) is 10.1 Å². The molecule has 0 N–H and O–H groups in total. The topological polar surface area (TPSA) is 12.5 Å². The van der Waals surface area contributed by atoms with Crippen LogP contribution in [0.3, 0.4) is 0 Å². The molecular formula is C41H41FNOP. The van der Waals surface area contributed by atoms with E-state index in [2.05, 4.69) is 128 Å². The number of ether oxygens (including phenoxy) is 1. The first kappa shape index (κ1) is 29.8. The predicted molar refractivity (Wildman–Crippen MR) is 192 cm³/mol. The average Bonchev–Trinajstić information content (AvgIpc) is 3.27. The van der Waals surface area contributed by atoms with E-state index in [1.807, 2.05) is 6.07 Å². The minimum absolute atomic E-state index is 0.248. The molecule has 0 spiro atoms. The van der Waals surface area contributed by atoms with Crippen LogP contribution in [-0.2, 0) is 11.0 Å². The molecule has 2 atom stereocenters. The van der Waals surface area contributed by atoms with Crippen molar-refractivity contribution in [3.63, 3.8) is 0 Å². The van der Waals surface area contributed by atoms with Crippen molar-refractivity contribution in [1.82, 2.24) is 0 Å². The van der Waals surface area contributed by atoms with E-state index in [1.54, 1.807) is 12.1 Å². The highest BCUT2D eigenvalue weighted by molar-refractivity contribution is 7.27. The van der Waals surface area contributed by atoms with E-state index >= 15 is 4.39 Å². The Balaban J connectivity index is 1.47. The van der Waals surface area contributed by atoms with Gasteiger partial charge in [0, 0.05) is 46.3 Å². The third-order valence-corrected chi connectivity index (χ3v) is 10.1. The molecule has 1 aliphatic carbocycles. The molecule has 0 saturated carbocycles. The van der Waals surface area contributed by atoms with Crippen LogP contribution in [0.5, 0.6) is 5.75 Å². The summed E-state index contributed by atoms with van der Waals surface area (Å²) < 4.78 is 22.5. The molecule has 228 valence electrons. The maximum absolute atomic E-state index is 15.1. The Morgan fingerprint density at radius 1 is 0.800 bits per heavy atom. The Bertz CT molecular complexity index is 1950. The fraction of sp³-hybridized carbons (Fsp3) is 0.268. The molecule has 5 aromatic rings. The molecule has 1 heterocycles. The van der Waals surface area contributed by atoms with Gasteiger partial charge in [-0.15, -0.1) is 9.24 Å². The zero-order valence-corrected chi connectivity index (χ0v) is 28.0. The highest BCUT2D eigenvalue weighted by Gasteiger charge is 2.44. The maximum Gasteiger partial charge on any atom is 0.178 e. The highest BCUT2D eigenvalue weighted by Crippen LogP contribution is 2.58. The normalized spacial score (nSPS) is 17.5. The summed E-state index contributed by atoms with van der Waals surface area (Å²) in [6, 6.07) is 29.2. The molecule has 45 heavy (non-hydrogen) atoms. The Morgan fingerprint density at radius 2 is 1.47 bits per heavy atom. The Morgan fingerprint density at radius 3 is 2.13 bits per heavy atom. The number of halogens is 1. The molecule has 7 rings (SSSR count). The maximum atomic E-state index is 15.1. The van der Waals surface area contributed by atoms with Crippen molar-refractivity contribution >= 4 is 37.1 Å². The fourth-order valence-electron chi connectivity index (χ4n) is 7.61. The smallest absolute Gasteiger partial charge is 0.178 e. The van der Waals surface area contributed by atoms with Crippen molar-refractivity contribution in [2.75, 3.05) is 18.0 Å². The molecule has 5 aromatic carbocycles. The average molecular weight is 614 g/mol. The number of fused-ring (bicyclic) bond motifs is 8. The summed E-state index contributed by atoms with van der Waals surface area (Å²) in [5.74, 6) is 0.472. The van der Waals surface area contributed by atoms with Crippen LogP contribution in [0.15, 0.2) is 91.0 Å². The van der Waals surface area contributed by atoms with Gasteiger partial charge >= 0.3 is 0 Å². The third-order valence-electron chi connectivity index (χ3n) is 9.74. The van der Waals surface area contributed by atoms with Crippen molar-refractivity contribution in [3.8, 4) is 16.9 Å². The van der Waals surface area contributed by atoms with Gasteiger partial charge in [0.15, 0.2) is 5.60 Å². The lowest BCUT2D eigenvalue weighted by atomic mass is 9.76. The summed E-state index contributed by atoms with van der Waals surface area (Å²) in [6.45, 7) is 13.3. The van der Waals surface area contributed by atoms with Gasteiger partial charge in [-0.2, -0.15) is 0 Å². The summed E-state index contributed by atoms with van der Waals surface area (Å²) in [6.07, 6.45) is 6.66. The van der Waals surface area contributed by atoms with E-state index in [1.165, 1.54) is 33.5 Å². The molecule has 0 aromatic heterocycles. The van der Waals surface area contributed by atoms with Crippen LogP contribution in [0.1, 0.15) is 73.9 Å². The van der Waals surface area contributed by atoms with Crippen molar-refractivity contribution in [2.45, 2.75) is 58.5 Å². The molecule has 0 fully saturated rings.